The Morgan fingerprint density at radius 2 is 1.83 bits per heavy atom. The standard InChI is InChI=1S/C19H19N5O3S2/c1-23-17(12-28-11-14-5-3-2-4-6-14)21-22-19(23)29-13-18(25)20-15-7-9-16(10-8-15)24(26)27/h2-10H,11-13H2,1H3,(H,20,25). The van der Waals surface area contributed by atoms with Gasteiger partial charge in [-0.3, -0.25) is 14.9 Å². The number of carbonyl (C=O) groups is 1. The lowest BCUT2D eigenvalue weighted by atomic mass is 10.2. The molecule has 0 radical (unpaired) electrons. The van der Waals surface area contributed by atoms with Gasteiger partial charge in [0.05, 0.1) is 16.4 Å². The fourth-order valence-corrected chi connectivity index (χ4v) is 4.12. The Balaban J connectivity index is 1.46. The molecule has 0 aliphatic rings. The van der Waals surface area contributed by atoms with Crippen molar-refractivity contribution in [2.45, 2.75) is 16.7 Å². The third kappa shape index (κ3) is 6.06. The van der Waals surface area contributed by atoms with Gasteiger partial charge in [-0.25, -0.2) is 0 Å². The van der Waals surface area contributed by atoms with Gasteiger partial charge in [-0.15, -0.1) is 22.0 Å². The molecule has 0 saturated carbocycles. The van der Waals surface area contributed by atoms with Crippen LogP contribution in [0.5, 0.6) is 0 Å². The summed E-state index contributed by atoms with van der Waals surface area (Å²) in [5.41, 5.74) is 1.75. The predicted octanol–water partition coefficient (Wildman–Crippen LogP) is 3.89. The second-order valence-corrected chi connectivity index (χ2v) is 8.01. The number of carbonyl (C=O) groups excluding carboxylic acids is 1. The molecule has 0 bridgehead atoms. The van der Waals surface area contributed by atoms with Gasteiger partial charge in [-0.2, -0.15) is 0 Å². The van der Waals surface area contributed by atoms with E-state index in [4.69, 9.17) is 0 Å². The molecular formula is C19H19N5O3S2. The van der Waals surface area contributed by atoms with Gasteiger partial charge in [0.15, 0.2) is 5.16 Å². The summed E-state index contributed by atoms with van der Waals surface area (Å²) >= 11 is 3.05. The topological polar surface area (TPSA) is 103 Å². The third-order valence-corrected chi connectivity index (χ3v) is 5.98. The molecule has 0 unspecified atom stereocenters. The molecule has 2 aromatic carbocycles. The monoisotopic (exact) mass is 429 g/mol. The highest BCUT2D eigenvalue weighted by molar-refractivity contribution is 7.99. The summed E-state index contributed by atoms with van der Waals surface area (Å²) in [6.45, 7) is 0. The van der Waals surface area contributed by atoms with Crippen LogP contribution in [0, 0.1) is 10.1 Å². The second kappa shape index (κ2) is 10.1. The molecule has 10 heteroatoms. The number of nitrogens with zero attached hydrogens (tertiary/aromatic N) is 4. The molecule has 3 rings (SSSR count). The van der Waals surface area contributed by atoms with E-state index >= 15 is 0 Å². The zero-order valence-corrected chi connectivity index (χ0v) is 17.3. The summed E-state index contributed by atoms with van der Waals surface area (Å²) in [6.07, 6.45) is 0. The molecule has 0 spiro atoms. The number of nitro benzene ring substituents is 1. The van der Waals surface area contributed by atoms with Crippen LogP contribution in [0.1, 0.15) is 11.4 Å². The van der Waals surface area contributed by atoms with Crippen LogP contribution in [-0.4, -0.2) is 31.3 Å². The first-order valence-corrected chi connectivity index (χ1v) is 10.8. The van der Waals surface area contributed by atoms with Crippen LogP contribution in [0.3, 0.4) is 0 Å². The van der Waals surface area contributed by atoms with E-state index in [2.05, 4.69) is 27.6 Å². The summed E-state index contributed by atoms with van der Waals surface area (Å²) in [4.78, 5) is 22.3. The molecule has 1 amide bonds. The number of hydrogen-bond acceptors (Lipinski definition) is 7. The van der Waals surface area contributed by atoms with Crippen LogP contribution in [0.2, 0.25) is 0 Å². The van der Waals surface area contributed by atoms with Crippen molar-refractivity contribution in [1.29, 1.82) is 0 Å². The molecule has 150 valence electrons. The molecule has 0 atom stereocenters. The van der Waals surface area contributed by atoms with E-state index in [1.807, 2.05) is 29.8 Å². The van der Waals surface area contributed by atoms with Crippen molar-refractivity contribution in [3.63, 3.8) is 0 Å². The number of hydrogen-bond donors (Lipinski definition) is 1. The number of nitro groups is 1. The minimum atomic E-state index is -0.481. The van der Waals surface area contributed by atoms with E-state index < -0.39 is 4.92 Å². The third-order valence-electron chi connectivity index (χ3n) is 3.96. The van der Waals surface area contributed by atoms with Gasteiger partial charge in [0.1, 0.15) is 5.82 Å². The van der Waals surface area contributed by atoms with E-state index in [1.165, 1.54) is 41.6 Å². The first-order valence-electron chi connectivity index (χ1n) is 8.70. The average Bonchev–Trinajstić information content (AvgIpc) is 3.07. The number of amides is 1. The highest BCUT2D eigenvalue weighted by atomic mass is 32.2. The van der Waals surface area contributed by atoms with Gasteiger partial charge in [0.25, 0.3) is 5.69 Å². The Hall–Kier alpha value is -2.85. The van der Waals surface area contributed by atoms with Crippen molar-refractivity contribution < 1.29 is 9.72 Å². The molecule has 1 aromatic heterocycles. The minimum absolute atomic E-state index is 0.0193. The van der Waals surface area contributed by atoms with E-state index in [1.54, 1.807) is 11.8 Å². The highest BCUT2D eigenvalue weighted by Gasteiger charge is 2.12. The lowest BCUT2D eigenvalue weighted by Crippen LogP contribution is -2.14. The van der Waals surface area contributed by atoms with Crippen molar-refractivity contribution in [1.82, 2.24) is 14.8 Å². The average molecular weight is 430 g/mol. The highest BCUT2D eigenvalue weighted by Crippen LogP contribution is 2.21. The van der Waals surface area contributed by atoms with Crippen molar-refractivity contribution in [2.75, 3.05) is 11.1 Å². The molecular weight excluding hydrogens is 410 g/mol. The zero-order chi connectivity index (χ0) is 20.6. The van der Waals surface area contributed by atoms with Gasteiger partial charge in [-0.05, 0) is 17.7 Å². The normalized spacial score (nSPS) is 10.7. The maximum atomic E-state index is 12.1. The zero-order valence-electron chi connectivity index (χ0n) is 15.6. The van der Waals surface area contributed by atoms with Gasteiger partial charge in [0.2, 0.25) is 5.91 Å². The van der Waals surface area contributed by atoms with Gasteiger partial charge in [-0.1, -0.05) is 42.1 Å². The maximum absolute atomic E-state index is 12.1. The van der Waals surface area contributed by atoms with E-state index in [9.17, 15) is 14.9 Å². The number of nitrogens with one attached hydrogen (secondary N) is 1. The van der Waals surface area contributed by atoms with E-state index in [0.717, 1.165) is 17.3 Å². The Bertz CT molecular complexity index is 977. The maximum Gasteiger partial charge on any atom is 0.269 e. The molecule has 0 saturated heterocycles. The smallest absolute Gasteiger partial charge is 0.269 e. The van der Waals surface area contributed by atoms with E-state index in [-0.39, 0.29) is 17.3 Å². The number of anilines is 1. The van der Waals surface area contributed by atoms with Crippen LogP contribution in [0.25, 0.3) is 0 Å². The van der Waals surface area contributed by atoms with Crippen LogP contribution >= 0.6 is 23.5 Å². The number of thioether (sulfide) groups is 2. The van der Waals surface area contributed by atoms with Gasteiger partial charge >= 0.3 is 0 Å². The summed E-state index contributed by atoms with van der Waals surface area (Å²) in [7, 11) is 1.88. The molecule has 1 heterocycles. The van der Waals surface area contributed by atoms with E-state index in [0.29, 0.717) is 10.8 Å². The predicted molar refractivity (Wildman–Crippen MR) is 115 cm³/mol. The quantitative estimate of drug-likeness (QED) is 0.313. The molecule has 1 N–H and O–H groups in total. The van der Waals surface area contributed by atoms with Gasteiger partial charge in [0, 0.05) is 30.6 Å². The summed E-state index contributed by atoms with van der Waals surface area (Å²) in [5, 5.41) is 22.4. The number of non-ortho nitro benzene ring substituents is 1. The van der Waals surface area contributed by atoms with Gasteiger partial charge < -0.3 is 9.88 Å². The number of rotatable bonds is 9. The number of aromatic nitrogens is 3. The lowest BCUT2D eigenvalue weighted by Gasteiger charge is -2.06. The molecule has 0 aliphatic carbocycles. The minimum Gasteiger partial charge on any atom is -0.325 e. The van der Waals surface area contributed by atoms with Crippen LogP contribution in [-0.2, 0) is 23.3 Å². The van der Waals surface area contributed by atoms with Crippen LogP contribution in [0.15, 0.2) is 59.8 Å². The molecule has 29 heavy (non-hydrogen) atoms. The summed E-state index contributed by atoms with van der Waals surface area (Å²) < 4.78 is 1.89. The van der Waals surface area contributed by atoms with Crippen LogP contribution < -0.4 is 5.32 Å². The number of benzene rings is 2. The Morgan fingerprint density at radius 1 is 1.10 bits per heavy atom. The van der Waals surface area contributed by atoms with Crippen molar-refractivity contribution in [2.24, 2.45) is 7.05 Å². The lowest BCUT2D eigenvalue weighted by molar-refractivity contribution is -0.384. The molecule has 8 nitrogen and oxygen atoms in total. The fraction of sp³-hybridized carbons (Fsp3) is 0.211. The largest absolute Gasteiger partial charge is 0.325 e. The molecule has 3 aromatic rings. The molecule has 0 fully saturated rings. The first-order chi connectivity index (χ1) is 14.0. The SMILES string of the molecule is Cn1c(CSCc2ccccc2)nnc1SCC(=O)Nc1ccc([N+](=O)[O-])cc1. The van der Waals surface area contributed by atoms with Crippen molar-refractivity contribution in [3.8, 4) is 0 Å². The summed E-state index contributed by atoms with van der Waals surface area (Å²) in [5.74, 6) is 2.43. The first kappa shape index (κ1) is 20.9. The Morgan fingerprint density at radius 3 is 2.52 bits per heavy atom. The Kier molecular flexibility index (Phi) is 7.25. The molecule has 0 aliphatic heterocycles. The fourth-order valence-electron chi connectivity index (χ4n) is 2.42. The van der Waals surface area contributed by atoms with Crippen molar-refractivity contribution >= 4 is 40.8 Å². The van der Waals surface area contributed by atoms with Crippen molar-refractivity contribution in [3.05, 3.63) is 76.1 Å². The Labute approximate surface area is 176 Å². The summed E-state index contributed by atoms with van der Waals surface area (Å²) in [6, 6.07) is 15.9. The second-order valence-electron chi connectivity index (χ2n) is 6.08. The van der Waals surface area contributed by atoms with Crippen LogP contribution in [0.4, 0.5) is 11.4 Å².